The van der Waals surface area contributed by atoms with Crippen LogP contribution in [-0.4, -0.2) is 0 Å². The van der Waals surface area contributed by atoms with Crippen LogP contribution in [0, 0.1) is 0 Å². The van der Waals surface area contributed by atoms with Crippen molar-refractivity contribution in [2.24, 2.45) is 0 Å². The minimum absolute atomic E-state index is 0.483. The number of anilines is 6. The van der Waals surface area contributed by atoms with Gasteiger partial charge < -0.3 is 14.2 Å². The highest BCUT2D eigenvalue weighted by Crippen LogP contribution is 2.45. The molecule has 1 aliphatic carbocycles. The third kappa shape index (κ3) is 6.21. The topological polar surface area (TPSA) is 19.6 Å². The molecule has 0 atom stereocenters. The summed E-state index contributed by atoms with van der Waals surface area (Å²) >= 11 is 0. The lowest BCUT2D eigenvalue weighted by Crippen LogP contribution is -2.10. The van der Waals surface area contributed by atoms with Gasteiger partial charge in [-0.3, -0.25) is 0 Å². The molecule has 3 heteroatoms. The van der Waals surface area contributed by atoms with Crippen LogP contribution in [0.25, 0.3) is 54.6 Å². The summed E-state index contributed by atoms with van der Waals surface area (Å²) in [4.78, 5) is 4.70. The molecule has 1 aromatic heterocycles. The van der Waals surface area contributed by atoms with Gasteiger partial charge in [-0.25, -0.2) is 0 Å². The average Bonchev–Trinajstić information content (AvgIpc) is 3.80. The standard InChI is InChI=1S/C57H46N2O/c1-36(2)38-15-21-48(22-16-38)58(46-11-7-5-8-12-46)50-25-19-40-31-52-44(27-42(40)29-50)28-45-33-55-54-32-41-20-26-51(30-43(41)34-56(54)60-57(55)35-53(45)52)59(47-13-9-6-10-14-47)49-23-17-39(18-24-49)37(3)4/h5-27,29-37H,28H2,1-4H3. The first-order chi connectivity index (χ1) is 29.3. The molecule has 0 radical (unpaired) electrons. The van der Waals surface area contributed by atoms with Gasteiger partial charge in [0.05, 0.1) is 0 Å². The molecule has 290 valence electrons. The zero-order valence-electron chi connectivity index (χ0n) is 34.5. The Morgan fingerprint density at radius 2 is 0.800 bits per heavy atom. The van der Waals surface area contributed by atoms with Crippen LogP contribution < -0.4 is 9.80 Å². The van der Waals surface area contributed by atoms with Gasteiger partial charge >= 0.3 is 0 Å². The number of furan rings is 1. The molecular weight excluding hydrogens is 729 g/mol. The second-order valence-corrected chi connectivity index (χ2v) is 17.0. The van der Waals surface area contributed by atoms with Gasteiger partial charge in [-0.1, -0.05) is 107 Å². The van der Waals surface area contributed by atoms with Crippen molar-refractivity contribution in [1.29, 1.82) is 0 Å². The fourth-order valence-electron chi connectivity index (χ4n) is 9.27. The van der Waals surface area contributed by atoms with Crippen LogP contribution in [0.5, 0.6) is 0 Å². The summed E-state index contributed by atoms with van der Waals surface area (Å²) in [5.41, 5.74) is 16.6. The molecule has 0 fully saturated rings. The summed E-state index contributed by atoms with van der Waals surface area (Å²) in [6.07, 6.45) is 0.900. The molecule has 1 aliphatic rings. The molecule has 9 aromatic carbocycles. The Labute approximate surface area is 351 Å². The van der Waals surface area contributed by atoms with Gasteiger partial charge in [-0.05, 0) is 176 Å². The molecule has 60 heavy (non-hydrogen) atoms. The number of benzene rings is 9. The largest absolute Gasteiger partial charge is 0.456 e. The van der Waals surface area contributed by atoms with Crippen molar-refractivity contribution in [3.8, 4) is 11.1 Å². The molecule has 10 aromatic rings. The van der Waals surface area contributed by atoms with Gasteiger partial charge in [-0.15, -0.1) is 0 Å². The lowest BCUT2D eigenvalue weighted by atomic mass is 9.99. The number of hydrogen-bond acceptors (Lipinski definition) is 3. The van der Waals surface area contributed by atoms with E-state index in [1.807, 2.05) is 0 Å². The number of rotatable bonds is 8. The van der Waals surface area contributed by atoms with Crippen LogP contribution >= 0.6 is 0 Å². The van der Waals surface area contributed by atoms with Gasteiger partial charge in [0.15, 0.2) is 0 Å². The normalized spacial score (nSPS) is 12.2. The predicted molar refractivity (Wildman–Crippen MR) is 255 cm³/mol. The number of nitrogens with zero attached hydrogens (tertiary/aromatic N) is 2. The molecule has 0 unspecified atom stereocenters. The van der Waals surface area contributed by atoms with Crippen molar-refractivity contribution >= 4 is 77.6 Å². The van der Waals surface area contributed by atoms with E-state index in [1.54, 1.807) is 0 Å². The Hall–Kier alpha value is -7.10. The van der Waals surface area contributed by atoms with Crippen LogP contribution in [0.3, 0.4) is 0 Å². The fraction of sp³-hybridized carbons (Fsp3) is 0.123. The second-order valence-electron chi connectivity index (χ2n) is 17.0. The molecule has 1 heterocycles. The van der Waals surface area contributed by atoms with Gasteiger partial charge in [0.1, 0.15) is 11.2 Å². The van der Waals surface area contributed by atoms with E-state index in [4.69, 9.17) is 4.42 Å². The van der Waals surface area contributed by atoms with Crippen molar-refractivity contribution in [2.75, 3.05) is 9.80 Å². The summed E-state index contributed by atoms with van der Waals surface area (Å²) in [7, 11) is 0. The van der Waals surface area contributed by atoms with Crippen molar-refractivity contribution in [2.45, 2.75) is 46.0 Å². The third-order valence-electron chi connectivity index (χ3n) is 12.5. The van der Waals surface area contributed by atoms with Gasteiger partial charge in [0.25, 0.3) is 0 Å². The first-order valence-corrected chi connectivity index (χ1v) is 21.2. The summed E-state index contributed by atoms with van der Waals surface area (Å²) in [6.45, 7) is 8.97. The highest BCUT2D eigenvalue weighted by molar-refractivity contribution is 6.12. The Morgan fingerprint density at radius 1 is 0.367 bits per heavy atom. The fourth-order valence-corrected chi connectivity index (χ4v) is 9.27. The van der Waals surface area contributed by atoms with Crippen molar-refractivity contribution in [1.82, 2.24) is 0 Å². The van der Waals surface area contributed by atoms with E-state index in [9.17, 15) is 0 Å². The van der Waals surface area contributed by atoms with Crippen LogP contribution in [0.2, 0.25) is 0 Å². The minimum atomic E-state index is 0.483. The van der Waals surface area contributed by atoms with E-state index in [1.165, 1.54) is 54.9 Å². The Balaban J connectivity index is 0.953. The lowest BCUT2D eigenvalue weighted by molar-refractivity contribution is 0.669. The first-order valence-electron chi connectivity index (χ1n) is 21.2. The van der Waals surface area contributed by atoms with Crippen molar-refractivity contribution in [3.05, 3.63) is 204 Å². The lowest BCUT2D eigenvalue weighted by Gasteiger charge is -2.26. The van der Waals surface area contributed by atoms with E-state index in [0.29, 0.717) is 11.8 Å². The second kappa shape index (κ2) is 14.3. The maximum absolute atomic E-state index is 6.72. The Morgan fingerprint density at radius 3 is 1.35 bits per heavy atom. The summed E-state index contributed by atoms with van der Waals surface area (Å²) < 4.78 is 6.72. The summed E-state index contributed by atoms with van der Waals surface area (Å²) in [5.74, 6) is 0.972. The van der Waals surface area contributed by atoms with Crippen LogP contribution in [0.15, 0.2) is 186 Å². The van der Waals surface area contributed by atoms with Gasteiger partial charge in [-0.2, -0.15) is 0 Å². The highest BCUT2D eigenvalue weighted by atomic mass is 16.3. The third-order valence-corrected chi connectivity index (χ3v) is 12.5. The monoisotopic (exact) mass is 774 g/mol. The summed E-state index contributed by atoms with van der Waals surface area (Å²) in [5, 5.41) is 7.17. The number of para-hydroxylation sites is 2. The molecule has 0 amide bonds. The molecule has 0 N–H and O–H groups in total. The van der Waals surface area contributed by atoms with Crippen molar-refractivity contribution in [3.63, 3.8) is 0 Å². The molecule has 0 saturated carbocycles. The number of fused-ring (bicyclic) bond motifs is 8. The highest BCUT2D eigenvalue weighted by Gasteiger charge is 2.23. The molecule has 11 rings (SSSR count). The zero-order chi connectivity index (χ0) is 40.5. The van der Waals surface area contributed by atoms with E-state index in [2.05, 4.69) is 219 Å². The maximum Gasteiger partial charge on any atom is 0.136 e. The van der Waals surface area contributed by atoms with Crippen LogP contribution in [0.1, 0.15) is 61.8 Å². The SMILES string of the molecule is CC(C)c1ccc(N(c2ccccc2)c2ccc3cc4c(cc3c2)Cc2cc3c(cc2-4)oc2cc4cc(N(c5ccccc5)c5ccc(C(C)C)cc5)ccc4cc23)cc1. The molecular formula is C57H46N2O. The predicted octanol–water partition coefficient (Wildman–Crippen LogP) is 16.6. The molecule has 0 saturated heterocycles. The molecule has 0 bridgehead atoms. The zero-order valence-corrected chi connectivity index (χ0v) is 34.5. The molecule has 0 aliphatic heterocycles. The smallest absolute Gasteiger partial charge is 0.136 e. The Kier molecular flexibility index (Phi) is 8.60. The quantitative estimate of drug-likeness (QED) is 0.153. The number of hydrogen-bond donors (Lipinski definition) is 0. The molecule has 0 spiro atoms. The van der Waals surface area contributed by atoms with Crippen LogP contribution in [0.4, 0.5) is 34.1 Å². The Bertz CT molecular complexity index is 3220. The van der Waals surface area contributed by atoms with Gasteiger partial charge in [0.2, 0.25) is 0 Å². The van der Waals surface area contributed by atoms with E-state index >= 15 is 0 Å². The van der Waals surface area contributed by atoms with E-state index in [-0.39, 0.29) is 0 Å². The summed E-state index contributed by atoms with van der Waals surface area (Å²) in [6, 6.07) is 66.9. The van der Waals surface area contributed by atoms with Crippen LogP contribution in [-0.2, 0) is 6.42 Å². The average molecular weight is 775 g/mol. The van der Waals surface area contributed by atoms with Crippen molar-refractivity contribution < 1.29 is 4.42 Å². The first kappa shape index (κ1) is 36.0. The minimum Gasteiger partial charge on any atom is -0.456 e. The van der Waals surface area contributed by atoms with Gasteiger partial charge in [0, 0.05) is 44.9 Å². The van der Waals surface area contributed by atoms with E-state index in [0.717, 1.165) is 62.5 Å². The maximum atomic E-state index is 6.72. The molecule has 3 nitrogen and oxygen atoms in total. The van der Waals surface area contributed by atoms with E-state index < -0.39 is 0 Å².